The van der Waals surface area contributed by atoms with Crippen molar-refractivity contribution in [3.8, 4) is 0 Å². The molecule has 5 heteroatoms. The lowest BCUT2D eigenvalue weighted by Crippen LogP contribution is -2.43. The summed E-state index contributed by atoms with van der Waals surface area (Å²) in [7, 11) is 2.07. The summed E-state index contributed by atoms with van der Waals surface area (Å²) in [4.78, 5) is 22.0. The van der Waals surface area contributed by atoms with Crippen molar-refractivity contribution in [2.45, 2.75) is 44.9 Å². The van der Waals surface area contributed by atoms with Crippen molar-refractivity contribution >= 4 is 16.9 Å². The summed E-state index contributed by atoms with van der Waals surface area (Å²) in [5.41, 5.74) is 2.44. The van der Waals surface area contributed by atoms with Gasteiger partial charge in [-0.3, -0.25) is 4.79 Å². The first-order valence-electron chi connectivity index (χ1n) is 10.6. The molecule has 2 aromatic heterocycles. The summed E-state index contributed by atoms with van der Waals surface area (Å²) in [6.45, 7) is 5.13. The summed E-state index contributed by atoms with van der Waals surface area (Å²) in [5.74, 6) is 0.679. The number of nitrogens with zero attached hydrogens (tertiary/aromatic N) is 4. The topological polar surface area (TPSA) is 41.4 Å². The Kier molecular flexibility index (Phi) is 5.77. The second-order valence-electron chi connectivity index (χ2n) is 8.25. The van der Waals surface area contributed by atoms with E-state index >= 15 is 0 Å². The molecule has 1 amide bonds. The van der Waals surface area contributed by atoms with Crippen LogP contribution < -0.4 is 0 Å². The lowest BCUT2D eigenvalue weighted by Gasteiger charge is -2.34. The molecule has 2 aliphatic heterocycles. The van der Waals surface area contributed by atoms with E-state index in [9.17, 15) is 4.79 Å². The number of aryl methyl sites for hydroxylation is 1. The van der Waals surface area contributed by atoms with Crippen LogP contribution in [-0.4, -0.2) is 58.0 Å². The average Bonchev–Trinajstić information content (AvgIpc) is 2.88. The Balaban J connectivity index is 1.28. The number of hydrogen-bond acceptors (Lipinski definition) is 3. The number of fused-ring (bicyclic) bond motifs is 1. The monoisotopic (exact) mass is 368 g/mol. The number of carbonyl (C=O) groups is 1. The summed E-state index contributed by atoms with van der Waals surface area (Å²) >= 11 is 0. The van der Waals surface area contributed by atoms with Crippen LogP contribution in [0.1, 0.15) is 44.1 Å². The predicted molar refractivity (Wildman–Crippen MR) is 109 cm³/mol. The first-order chi connectivity index (χ1) is 13.2. The molecule has 4 rings (SSSR count). The Morgan fingerprint density at radius 2 is 1.85 bits per heavy atom. The number of carbonyl (C=O) groups excluding carboxylic acids is 1. The van der Waals surface area contributed by atoms with Crippen molar-refractivity contribution in [1.82, 2.24) is 19.4 Å². The number of rotatable bonds is 4. The molecular weight excluding hydrogens is 336 g/mol. The van der Waals surface area contributed by atoms with E-state index in [1.165, 1.54) is 36.6 Å². The zero-order valence-corrected chi connectivity index (χ0v) is 16.6. The van der Waals surface area contributed by atoms with Gasteiger partial charge < -0.3 is 14.4 Å². The van der Waals surface area contributed by atoms with Crippen molar-refractivity contribution in [2.75, 3.05) is 32.7 Å². The number of piperidine rings is 1. The van der Waals surface area contributed by atoms with E-state index < -0.39 is 0 Å². The molecule has 0 aromatic carbocycles. The highest BCUT2D eigenvalue weighted by atomic mass is 16.2. The van der Waals surface area contributed by atoms with Gasteiger partial charge in [0.2, 0.25) is 5.91 Å². The normalized spacial score (nSPS) is 20.1. The van der Waals surface area contributed by atoms with Gasteiger partial charge in [0.1, 0.15) is 5.65 Å². The molecule has 4 heterocycles. The van der Waals surface area contributed by atoms with E-state index in [-0.39, 0.29) is 5.92 Å². The quantitative estimate of drug-likeness (QED) is 0.832. The minimum Gasteiger partial charge on any atom is -0.342 e. The van der Waals surface area contributed by atoms with E-state index in [2.05, 4.69) is 38.7 Å². The fourth-order valence-corrected chi connectivity index (χ4v) is 4.72. The lowest BCUT2D eigenvalue weighted by atomic mass is 9.95. The molecule has 2 aromatic rings. The maximum Gasteiger partial charge on any atom is 0.225 e. The largest absolute Gasteiger partial charge is 0.342 e. The van der Waals surface area contributed by atoms with Crippen molar-refractivity contribution in [2.24, 2.45) is 13.0 Å². The standard InChI is InChI=1S/C22H32N4O/c1-24-17-19(20-7-6-11-23-21(20)24)10-16-25-14-8-18(9-15-25)22(27)26-12-4-2-3-5-13-26/h6-7,11,17-18H,2-5,8-10,12-16H2,1H3. The molecule has 0 spiro atoms. The number of hydrogen-bond donors (Lipinski definition) is 0. The highest BCUT2D eigenvalue weighted by molar-refractivity contribution is 5.80. The van der Waals surface area contributed by atoms with Crippen LogP contribution in [0, 0.1) is 5.92 Å². The second-order valence-corrected chi connectivity index (χ2v) is 8.25. The molecule has 146 valence electrons. The molecule has 0 N–H and O–H groups in total. The minimum atomic E-state index is 0.251. The molecule has 5 nitrogen and oxygen atoms in total. The Bertz CT molecular complexity index is 768. The van der Waals surface area contributed by atoms with Crippen LogP contribution in [0.15, 0.2) is 24.5 Å². The van der Waals surface area contributed by atoms with Crippen LogP contribution in [0.5, 0.6) is 0 Å². The molecule has 2 saturated heterocycles. The van der Waals surface area contributed by atoms with Gasteiger partial charge in [-0.25, -0.2) is 4.98 Å². The van der Waals surface area contributed by atoms with Gasteiger partial charge in [-0.15, -0.1) is 0 Å². The third-order valence-corrected chi connectivity index (χ3v) is 6.37. The molecule has 0 unspecified atom stereocenters. The molecule has 27 heavy (non-hydrogen) atoms. The Morgan fingerprint density at radius 1 is 1.11 bits per heavy atom. The highest BCUT2D eigenvalue weighted by Crippen LogP contribution is 2.23. The van der Waals surface area contributed by atoms with Gasteiger partial charge in [0.25, 0.3) is 0 Å². The first-order valence-corrected chi connectivity index (χ1v) is 10.6. The molecule has 0 aliphatic carbocycles. The van der Waals surface area contributed by atoms with E-state index in [1.807, 2.05) is 12.3 Å². The highest BCUT2D eigenvalue weighted by Gasteiger charge is 2.28. The Labute approximate surface area is 162 Å². The van der Waals surface area contributed by atoms with Crippen LogP contribution in [0.3, 0.4) is 0 Å². The van der Waals surface area contributed by atoms with Gasteiger partial charge >= 0.3 is 0 Å². The number of pyridine rings is 1. The maximum absolute atomic E-state index is 12.8. The summed E-state index contributed by atoms with van der Waals surface area (Å²) in [6.07, 6.45) is 12.1. The molecule has 2 fully saturated rings. The maximum atomic E-state index is 12.8. The van der Waals surface area contributed by atoms with E-state index in [0.717, 1.165) is 57.6 Å². The fourth-order valence-electron chi connectivity index (χ4n) is 4.72. The van der Waals surface area contributed by atoms with Crippen LogP contribution >= 0.6 is 0 Å². The Hall–Kier alpha value is -1.88. The number of likely N-dealkylation sites (tertiary alicyclic amines) is 2. The Morgan fingerprint density at radius 3 is 2.59 bits per heavy atom. The third-order valence-electron chi connectivity index (χ3n) is 6.37. The average molecular weight is 369 g/mol. The van der Waals surface area contributed by atoms with Crippen LogP contribution in [0.2, 0.25) is 0 Å². The molecular formula is C22H32N4O. The minimum absolute atomic E-state index is 0.251. The van der Waals surface area contributed by atoms with Crippen LogP contribution in [0.25, 0.3) is 11.0 Å². The smallest absolute Gasteiger partial charge is 0.225 e. The zero-order chi connectivity index (χ0) is 18.6. The molecule has 0 saturated carbocycles. The fraction of sp³-hybridized carbons (Fsp3) is 0.636. The van der Waals surface area contributed by atoms with Gasteiger partial charge in [-0.1, -0.05) is 12.8 Å². The van der Waals surface area contributed by atoms with Crippen molar-refractivity contribution < 1.29 is 4.79 Å². The number of aromatic nitrogens is 2. The third kappa shape index (κ3) is 4.18. The van der Waals surface area contributed by atoms with Gasteiger partial charge in [0.15, 0.2) is 0 Å². The van der Waals surface area contributed by atoms with Crippen molar-refractivity contribution in [3.05, 3.63) is 30.1 Å². The molecule has 0 bridgehead atoms. The summed E-state index contributed by atoms with van der Waals surface area (Å²) < 4.78 is 2.12. The molecule has 0 atom stereocenters. The SMILES string of the molecule is Cn1cc(CCN2CCC(C(=O)N3CCCCCC3)CC2)c2cccnc21. The van der Waals surface area contributed by atoms with Gasteiger partial charge in [-0.05, 0) is 62.9 Å². The van der Waals surface area contributed by atoms with Gasteiger partial charge in [0.05, 0.1) is 0 Å². The van der Waals surface area contributed by atoms with E-state index in [1.54, 1.807) is 0 Å². The van der Waals surface area contributed by atoms with E-state index in [4.69, 9.17) is 0 Å². The van der Waals surface area contributed by atoms with Crippen molar-refractivity contribution in [1.29, 1.82) is 0 Å². The van der Waals surface area contributed by atoms with Gasteiger partial charge in [-0.2, -0.15) is 0 Å². The predicted octanol–water partition coefficient (Wildman–Crippen LogP) is 3.23. The second kappa shape index (κ2) is 8.42. The molecule has 0 radical (unpaired) electrons. The van der Waals surface area contributed by atoms with Crippen molar-refractivity contribution in [3.63, 3.8) is 0 Å². The van der Waals surface area contributed by atoms with E-state index in [0.29, 0.717) is 5.91 Å². The van der Waals surface area contributed by atoms with Crippen LogP contribution in [0.4, 0.5) is 0 Å². The first kappa shape index (κ1) is 18.5. The lowest BCUT2D eigenvalue weighted by molar-refractivity contribution is -0.137. The van der Waals surface area contributed by atoms with Gasteiger partial charge in [0, 0.05) is 50.4 Å². The number of amides is 1. The summed E-state index contributed by atoms with van der Waals surface area (Å²) in [5, 5.41) is 1.27. The molecule has 2 aliphatic rings. The zero-order valence-electron chi connectivity index (χ0n) is 16.6. The van der Waals surface area contributed by atoms with Crippen LogP contribution in [-0.2, 0) is 18.3 Å². The summed E-state index contributed by atoms with van der Waals surface area (Å²) in [6, 6.07) is 4.19.